The number of hydrogen-bond donors (Lipinski definition) is 1. The lowest BCUT2D eigenvalue weighted by Crippen LogP contribution is -2.31. The normalized spacial score (nSPS) is 14.9. The SMILES string of the molecule is O=C(CSC1=N/C(=C/c2ccc(C(F)(F)F)cc2)C(=O)N1c1ccccc1)Nc1ccc(OC(F)(F)F)cc1. The zero-order chi connectivity index (χ0) is 28.2. The summed E-state index contributed by atoms with van der Waals surface area (Å²) in [7, 11) is 0. The van der Waals surface area contributed by atoms with Crippen LogP contribution in [0, 0.1) is 0 Å². The topological polar surface area (TPSA) is 71.0 Å². The monoisotopic (exact) mass is 565 g/mol. The highest BCUT2D eigenvalue weighted by Crippen LogP contribution is 2.32. The maximum atomic E-state index is 13.2. The molecule has 0 aromatic heterocycles. The Balaban J connectivity index is 1.49. The van der Waals surface area contributed by atoms with E-state index >= 15 is 0 Å². The van der Waals surface area contributed by atoms with E-state index < -0.39 is 35.7 Å². The molecule has 1 N–H and O–H groups in total. The van der Waals surface area contributed by atoms with Crippen LogP contribution in [0.3, 0.4) is 0 Å². The summed E-state index contributed by atoms with van der Waals surface area (Å²) in [6.45, 7) is 0. The lowest BCUT2D eigenvalue weighted by atomic mass is 10.1. The van der Waals surface area contributed by atoms with Crippen molar-refractivity contribution < 1.29 is 40.7 Å². The minimum atomic E-state index is -4.84. The molecule has 0 saturated carbocycles. The number of hydrogen-bond acceptors (Lipinski definition) is 5. The van der Waals surface area contributed by atoms with E-state index in [4.69, 9.17) is 0 Å². The largest absolute Gasteiger partial charge is 0.573 e. The Morgan fingerprint density at radius 1 is 0.923 bits per heavy atom. The first kappa shape index (κ1) is 27.8. The highest BCUT2D eigenvalue weighted by molar-refractivity contribution is 8.14. The third-order valence-corrected chi connectivity index (χ3v) is 6.03. The van der Waals surface area contributed by atoms with Crippen molar-refractivity contribution in [1.29, 1.82) is 0 Å². The molecule has 39 heavy (non-hydrogen) atoms. The van der Waals surface area contributed by atoms with E-state index in [9.17, 15) is 35.9 Å². The van der Waals surface area contributed by atoms with Crippen molar-refractivity contribution in [3.05, 3.63) is 95.7 Å². The molecule has 0 aliphatic carbocycles. The van der Waals surface area contributed by atoms with Gasteiger partial charge in [-0.3, -0.25) is 14.5 Å². The van der Waals surface area contributed by atoms with Crippen LogP contribution in [0.4, 0.5) is 37.7 Å². The molecule has 0 fully saturated rings. The second kappa shape index (κ2) is 11.2. The third-order valence-electron chi connectivity index (χ3n) is 5.09. The standard InChI is InChI=1S/C26H17F6N3O3S/c27-25(28,29)17-8-6-16(7-9-17)14-21-23(37)35(19-4-2-1-3-5-19)24(34-21)39-15-22(36)33-18-10-12-20(13-11-18)38-26(30,31)32/h1-14H,15H2,(H,33,36)/b21-14+. The van der Waals surface area contributed by atoms with Crippen molar-refractivity contribution in [1.82, 2.24) is 0 Å². The van der Waals surface area contributed by atoms with Crippen LogP contribution in [0.25, 0.3) is 6.08 Å². The molecule has 4 rings (SSSR count). The van der Waals surface area contributed by atoms with E-state index in [0.29, 0.717) is 11.3 Å². The third kappa shape index (κ3) is 7.41. The first-order valence-electron chi connectivity index (χ1n) is 11.0. The maximum absolute atomic E-state index is 13.2. The van der Waals surface area contributed by atoms with E-state index in [1.54, 1.807) is 30.3 Å². The van der Waals surface area contributed by atoms with Gasteiger partial charge in [-0.25, -0.2) is 4.99 Å². The van der Waals surface area contributed by atoms with Gasteiger partial charge in [-0.2, -0.15) is 13.2 Å². The van der Waals surface area contributed by atoms with Gasteiger partial charge < -0.3 is 10.1 Å². The number of amides is 2. The number of para-hydroxylation sites is 1. The Labute approximate surface area is 222 Å². The fraction of sp³-hybridized carbons (Fsp3) is 0.115. The van der Waals surface area contributed by atoms with Crippen LogP contribution in [0.1, 0.15) is 11.1 Å². The first-order chi connectivity index (χ1) is 18.4. The molecule has 0 unspecified atom stereocenters. The summed E-state index contributed by atoms with van der Waals surface area (Å²) in [6.07, 6.45) is -8.00. The summed E-state index contributed by atoms with van der Waals surface area (Å²) < 4.78 is 79.3. The second-order valence-electron chi connectivity index (χ2n) is 7.93. The van der Waals surface area contributed by atoms with E-state index in [2.05, 4.69) is 15.0 Å². The molecular formula is C26H17F6N3O3S. The molecule has 0 spiro atoms. The van der Waals surface area contributed by atoms with Crippen molar-refractivity contribution in [3.63, 3.8) is 0 Å². The molecule has 1 heterocycles. The fourth-order valence-electron chi connectivity index (χ4n) is 3.39. The van der Waals surface area contributed by atoms with Crippen LogP contribution in [0.15, 0.2) is 89.6 Å². The smallest absolute Gasteiger partial charge is 0.406 e. The predicted molar refractivity (Wildman–Crippen MR) is 135 cm³/mol. The van der Waals surface area contributed by atoms with Crippen LogP contribution in [0.5, 0.6) is 5.75 Å². The Kier molecular flexibility index (Phi) is 8.00. The van der Waals surface area contributed by atoms with Gasteiger partial charge in [-0.1, -0.05) is 42.1 Å². The number of rotatable bonds is 6. The van der Waals surface area contributed by atoms with Gasteiger partial charge in [-0.05, 0) is 60.2 Å². The Hall–Kier alpha value is -4.26. The zero-order valence-corrected chi connectivity index (χ0v) is 20.4. The van der Waals surface area contributed by atoms with Crippen LogP contribution < -0.4 is 15.0 Å². The van der Waals surface area contributed by atoms with Crippen LogP contribution in [0.2, 0.25) is 0 Å². The summed E-state index contributed by atoms with van der Waals surface area (Å²) in [5.41, 5.74) is 0.140. The van der Waals surface area contributed by atoms with Crippen molar-refractivity contribution in [2.45, 2.75) is 12.5 Å². The van der Waals surface area contributed by atoms with Gasteiger partial charge >= 0.3 is 12.5 Å². The van der Waals surface area contributed by atoms with Crippen molar-refractivity contribution in [2.75, 3.05) is 16.0 Å². The second-order valence-corrected chi connectivity index (χ2v) is 8.87. The van der Waals surface area contributed by atoms with Gasteiger partial charge in [0.25, 0.3) is 5.91 Å². The molecule has 3 aromatic carbocycles. The molecule has 0 radical (unpaired) electrons. The van der Waals surface area contributed by atoms with Crippen molar-refractivity contribution in [3.8, 4) is 5.75 Å². The first-order valence-corrected chi connectivity index (χ1v) is 12.0. The van der Waals surface area contributed by atoms with Gasteiger partial charge in [0, 0.05) is 5.69 Å². The van der Waals surface area contributed by atoms with E-state index in [1.807, 2.05) is 0 Å². The number of ether oxygens (including phenoxy) is 1. The average molecular weight is 565 g/mol. The predicted octanol–water partition coefficient (Wildman–Crippen LogP) is 6.72. The van der Waals surface area contributed by atoms with Crippen LogP contribution in [-0.4, -0.2) is 29.1 Å². The molecule has 6 nitrogen and oxygen atoms in total. The Morgan fingerprint density at radius 2 is 1.56 bits per heavy atom. The molecule has 202 valence electrons. The number of thioether (sulfide) groups is 1. The summed E-state index contributed by atoms with van der Waals surface area (Å²) in [4.78, 5) is 31.2. The van der Waals surface area contributed by atoms with Crippen molar-refractivity contribution >= 4 is 46.2 Å². The Bertz CT molecular complexity index is 1400. The van der Waals surface area contributed by atoms with E-state index in [-0.39, 0.29) is 22.3 Å². The lowest BCUT2D eigenvalue weighted by molar-refractivity contribution is -0.274. The molecule has 1 aliphatic heterocycles. The molecule has 2 amide bonds. The van der Waals surface area contributed by atoms with Gasteiger partial charge in [0.05, 0.1) is 17.0 Å². The van der Waals surface area contributed by atoms with Gasteiger partial charge in [0.1, 0.15) is 11.4 Å². The number of aliphatic imine (C=N–C) groups is 1. The lowest BCUT2D eigenvalue weighted by Gasteiger charge is -2.17. The number of amidine groups is 1. The number of carbonyl (C=O) groups excluding carboxylic acids is 2. The van der Waals surface area contributed by atoms with Gasteiger partial charge in [0.15, 0.2) is 5.17 Å². The number of carbonyl (C=O) groups is 2. The highest BCUT2D eigenvalue weighted by Gasteiger charge is 2.33. The fourth-order valence-corrected chi connectivity index (χ4v) is 4.20. The number of halogens is 6. The summed E-state index contributed by atoms with van der Waals surface area (Å²) >= 11 is 0.929. The summed E-state index contributed by atoms with van der Waals surface area (Å²) in [5.74, 6) is -1.71. The minimum absolute atomic E-state index is 0.0400. The summed E-state index contributed by atoms with van der Waals surface area (Å²) in [6, 6.07) is 17.2. The number of nitrogens with zero attached hydrogens (tertiary/aromatic N) is 2. The van der Waals surface area contributed by atoms with E-state index in [1.165, 1.54) is 35.2 Å². The van der Waals surface area contributed by atoms with Crippen molar-refractivity contribution in [2.24, 2.45) is 4.99 Å². The molecule has 13 heteroatoms. The minimum Gasteiger partial charge on any atom is -0.406 e. The average Bonchev–Trinajstić information content (AvgIpc) is 3.18. The summed E-state index contributed by atoms with van der Waals surface area (Å²) in [5, 5.41) is 2.69. The molecule has 1 aliphatic rings. The maximum Gasteiger partial charge on any atom is 0.573 e. The molecule has 0 atom stereocenters. The Morgan fingerprint density at radius 3 is 2.15 bits per heavy atom. The van der Waals surface area contributed by atoms with Gasteiger partial charge in [0.2, 0.25) is 5.91 Å². The molecule has 0 bridgehead atoms. The number of nitrogens with one attached hydrogen (secondary N) is 1. The highest BCUT2D eigenvalue weighted by atomic mass is 32.2. The van der Waals surface area contributed by atoms with Crippen LogP contribution >= 0.6 is 11.8 Å². The molecular weight excluding hydrogens is 548 g/mol. The quantitative estimate of drug-likeness (QED) is 0.266. The van der Waals surface area contributed by atoms with E-state index in [0.717, 1.165) is 36.0 Å². The zero-order valence-electron chi connectivity index (χ0n) is 19.6. The number of anilines is 2. The molecule has 0 saturated heterocycles. The van der Waals surface area contributed by atoms with Crippen LogP contribution in [-0.2, 0) is 15.8 Å². The number of benzene rings is 3. The van der Waals surface area contributed by atoms with Gasteiger partial charge in [-0.15, -0.1) is 13.2 Å². The molecule has 3 aromatic rings. The number of alkyl halides is 6.